The third-order valence-electron chi connectivity index (χ3n) is 4.14. The predicted molar refractivity (Wildman–Crippen MR) is 98.0 cm³/mol. The molecule has 24 heavy (non-hydrogen) atoms. The van der Waals surface area contributed by atoms with Gasteiger partial charge in [-0.1, -0.05) is 17.7 Å². The maximum atomic E-state index is 11.2. The second kappa shape index (κ2) is 8.78. The molecule has 1 heterocycles. The molecule has 0 saturated carbocycles. The van der Waals surface area contributed by atoms with Gasteiger partial charge in [0.25, 0.3) is 0 Å². The van der Waals surface area contributed by atoms with E-state index in [1.807, 2.05) is 12.1 Å². The van der Waals surface area contributed by atoms with Gasteiger partial charge in [0.2, 0.25) is 0 Å². The van der Waals surface area contributed by atoms with E-state index in [1.54, 1.807) is 7.05 Å². The Hall–Kier alpha value is -1.95. The van der Waals surface area contributed by atoms with Gasteiger partial charge in [0.05, 0.1) is 13.5 Å². The molecule has 0 amide bonds. The maximum absolute atomic E-state index is 11.2. The van der Waals surface area contributed by atoms with Crippen molar-refractivity contribution in [3.8, 4) is 0 Å². The molecule has 1 fully saturated rings. The van der Waals surface area contributed by atoms with Gasteiger partial charge < -0.3 is 19.9 Å². The number of anilines is 1. The smallest absolute Gasteiger partial charge is 0.307 e. The highest BCUT2D eigenvalue weighted by molar-refractivity contribution is 6.30. The Bertz CT molecular complexity index is 598. The molecule has 0 bridgehead atoms. The van der Waals surface area contributed by atoms with E-state index in [1.165, 1.54) is 18.4 Å². The van der Waals surface area contributed by atoms with Crippen molar-refractivity contribution >= 4 is 29.2 Å². The van der Waals surface area contributed by atoms with Crippen LogP contribution in [0.1, 0.15) is 12.0 Å². The average molecular weight is 353 g/mol. The third kappa shape index (κ3) is 4.77. The summed E-state index contributed by atoms with van der Waals surface area (Å²) in [4.78, 5) is 20.0. The summed E-state index contributed by atoms with van der Waals surface area (Å²) in [6.07, 6.45) is 0.331. The van der Waals surface area contributed by atoms with E-state index in [4.69, 9.17) is 11.6 Å². The van der Waals surface area contributed by atoms with Crippen molar-refractivity contribution in [3.63, 3.8) is 0 Å². The molecule has 0 unspecified atom stereocenters. The van der Waals surface area contributed by atoms with Crippen LogP contribution in [0.25, 0.3) is 0 Å². The van der Waals surface area contributed by atoms with Gasteiger partial charge in [-0.3, -0.25) is 9.79 Å². The summed E-state index contributed by atoms with van der Waals surface area (Å²) in [6.45, 7) is 6.16. The van der Waals surface area contributed by atoms with Crippen LogP contribution < -0.4 is 10.2 Å². The van der Waals surface area contributed by atoms with Crippen LogP contribution in [0.4, 0.5) is 5.69 Å². The van der Waals surface area contributed by atoms with Gasteiger partial charge in [0, 0.05) is 50.5 Å². The Morgan fingerprint density at radius 3 is 2.67 bits per heavy atom. The van der Waals surface area contributed by atoms with Crippen molar-refractivity contribution in [2.75, 3.05) is 51.8 Å². The number of carbonyl (C=O) groups excluding carboxylic acids is 1. The lowest BCUT2D eigenvalue weighted by atomic mass is 10.1. The van der Waals surface area contributed by atoms with Gasteiger partial charge in [-0.2, -0.15) is 0 Å². The Kier molecular flexibility index (Phi) is 6.73. The molecule has 1 saturated heterocycles. The molecule has 6 nitrogen and oxygen atoms in total. The number of hydrogen-bond acceptors (Lipinski definition) is 4. The molecule has 1 aliphatic heterocycles. The minimum absolute atomic E-state index is 0.223. The van der Waals surface area contributed by atoms with E-state index in [0.717, 1.165) is 37.2 Å². The van der Waals surface area contributed by atoms with Gasteiger partial charge in [0.15, 0.2) is 5.96 Å². The van der Waals surface area contributed by atoms with E-state index in [9.17, 15) is 4.79 Å². The van der Waals surface area contributed by atoms with Crippen molar-refractivity contribution in [3.05, 3.63) is 28.8 Å². The molecule has 1 aromatic carbocycles. The van der Waals surface area contributed by atoms with Crippen molar-refractivity contribution in [1.82, 2.24) is 10.2 Å². The number of piperazine rings is 1. The zero-order chi connectivity index (χ0) is 17.5. The minimum atomic E-state index is -0.223. The Labute approximate surface area is 148 Å². The highest BCUT2D eigenvalue weighted by Gasteiger charge is 2.21. The number of benzene rings is 1. The summed E-state index contributed by atoms with van der Waals surface area (Å²) >= 11 is 6.13. The van der Waals surface area contributed by atoms with Crippen LogP contribution in [0.2, 0.25) is 5.02 Å². The lowest BCUT2D eigenvalue weighted by Crippen LogP contribution is -2.52. The SMILES string of the molecule is CN=C(NCCC(=O)OC)N1CCN(c2cc(Cl)ccc2C)CC1. The van der Waals surface area contributed by atoms with Crippen molar-refractivity contribution in [2.45, 2.75) is 13.3 Å². The van der Waals surface area contributed by atoms with Gasteiger partial charge >= 0.3 is 5.97 Å². The number of guanidine groups is 1. The fourth-order valence-corrected chi connectivity index (χ4v) is 2.96. The second-order valence-electron chi connectivity index (χ2n) is 5.71. The number of rotatable bonds is 4. The van der Waals surface area contributed by atoms with Crippen LogP contribution in [0.5, 0.6) is 0 Å². The molecule has 0 atom stereocenters. The van der Waals surface area contributed by atoms with Crippen LogP contribution in [-0.4, -0.2) is 63.7 Å². The van der Waals surface area contributed by atoms with Crippen LogP contribution in [0, 0.1) is 6.92 Å². The van der Waals surface area contributed by atoms with Gasteiger partial charge in [-0.25, -0.2) is 0 Å². The normalized spacial score (nSPS) is 15.4. The molecule has 0 spiro atoms. The Morgan fingerprint density at radius 1 is 1.33 bits per heavy atom. The third-order valence-corrected chi connectivity index (χ3v) is 4.38. The predicted octanol–water partition coefficient (Wildman–Crippen LogP) is 1.91. The molecule has 0 aromatic heterocycles. The molecule has 0 aliphatic carbocycles. The minimum Gasteiger partial charge on any atom is -0.469 e. The molecular formula is C17H25ClN4O2. The first-order valence-corrected chi connectivity index (χ1v) is 8.46. The Morgan fingerprint density at radius 2 is 2.04 bits per heavy atom. The average Bonchev–Trinajstić information content (AvgIpc) is 2.61. The maximum Gasteiger partial charge on any atom is 0.307 e. The highest BCUT2D eigenvalue weighted by atomic mass is 35.5. The number of nitrogens with one attached hydrogen (secondary N) is 1. The number of hydrogen-bond donors (Lipinski definition) is 1. The van der Waals surface area contributed by atoms with Crippen molar-refractivity contribution < 1.29 is 9.53 Å². The van der Waals surface area contributed by atoms with E-state index in [0.29, 0.717) is 13.0 Å². The zero-order valence-electron chi connectivity index (χ0n) is 14.5. The van der Waals surface area contributed by atoms with Crippen molar-refractivity contribution in [1.29, 1.82) is 0 Å². The monoisotopic (exact) mass is 352 g/mol. The summed E-state index contributed by atoms with van der Waals surface area (Å²) < 4.78 is 4.65. The fourth-order valence-electron chi connectivity index (χ4n) is 2.79. The number of halogens is 1. The lowest BCUT2D eigenvalue weighted by molar-refractivity contribution is -0.140. The second-order valence-corrected chi connectivity index (χ2v) is 6.14. The molecule has 132 valence electrons. The number of aryl methyl sites for hydroxylation is 1. The van der Waals surface area contributed by atoms with E-state index >= 15 is 0 Å². The van der Waals surface area contributed by atoms with E-state index < -0.39 is 0 Å². The van der Waals surface area contributed by atoms with Gasteiger partial charge in [-0.05, 0) is 24.6 Å². The lowest BCUT2D eigenvalue weighted by Gasteiger charge is -2.38. The summed E-state index contributed by atoms with van der Waals surface area (Å²) in [5, 5.41) is 3.98. The largest absolute Gasteiger partial charge is 0.469 e. The molecule has 1 aromatic rings. The van der Waals surface area contributed by atoms with Gasteiger partial charge in [-0.15, -0.1) is 0 Å². The molecule has 0 radical (unpaired) electrons. The molecule has 1 N–H and O–H groups in total. The molecule has 7 heteroatoms. The number of methoxy groups -OCH3 is 1. The van der Waals surface area contributed by atoms with Gasteiger partial charge in [0.1, 0.15) is 0 Å². The van der Waals surface area contributed by atoms with Crippen molar-refractivity contribution in [2.24, 2.45) is 4.99 Å². The number of ether oxygens (including phenoxy) is 1. The number of nitrogens with zero attached hydrogens (tertiary/aromatic N) is 3. The first-order chi connectivity index (χ1) is 11.5. The van der Waals surface area contributed by atoms with Crippen LogP contribution in [0.15, 0.2) is 23.2 Å². The molecular weight excluding hydrogens is 328 g/mol. The summed E-state index contributed by atoms with van der Waals surface area (Å²) in [5.74, 6) is 0.598. The quantitative estimate of drug-likeness (QED) is 0.509. The summed E-state index contributed by atoms with van der Waals surface area (Å²) in [5.41, 5.74) is 2.42. The topological polar surface area (TPSA) is 57.2 Å². The summed E-state index contributed by atoms with van der Waals surface area (Å²) in [7, 11) is 3.15. The zero-order valence-corrected chi connectivity index (χ0v) is 15.3. The van der Waals surface area contributed by atoms with Crippen LogP contribution >= 0.6 is 11.6 Å². The first-order valence-electron chi connectivity index (χ1n) is 8.08. The van der Waals surface area contributed by atoms with Crippen LogP contribution in [-0.2, 0) is 9.53 Å². The first kappa shape index (κ1) is 18.4. The number of esters is 1. The highest BCUT2D eigenvalue weighted by Crippen LogP contribution is 2.25. The standard InChI is InChI=1S/C17H25ClN4O2/c1-13-4-5-14(18)12-15(13)21-8-10-22(11-9-21)17(19-2)20-7-6-16(23)24-3/h4-5,12H,6-11H2,1-3H3,(H,19,20). The summed E-state index contributed by atoms with van der Waals surface area (Å²) in [6, 6.07) is 6.00. The van der Waals surface area contributed by atoms with Crippen LogP contribution in [0.3, 0.4) is 0 Å². The Balaban J connectivity index is 1.89. The number of aliphatic imine (C=N–C) groups is 1. The molecule has 1 aliphatic rings. The number of carbonyl (C=O) groups is 1. The van der Waals surface area contributed by atoms with E-state index in [-0.39, 0.29) is 5.97 Å². The fraction of sp³-hybridized carbons (Fsp3) is 0.529. The van der Waals surface area contributed by atoms with E-state index in [2.05, 4.69) is 37.8 Å². The molecule has 2 rings (SSSR count).